The van der Waals surface area contributed by atoms with Gasteiger partial charge in [0, 0.05) is 24.2 Å². The van der Waals surface area contributed by atoms with Crippen LogP contribution in [-0.2, 0) is 10.0 Å². The van der Waals surface area contributed by atoms with Crippen molar-refractivity contribution in [2.24, 2.45) is 5.10 Å². The van der Waals surface area contributed by atoms with Crippen LogP contribution in [0.5, 0.6) is 0 Å². The number of benzene rings is 2. The Hall–Kier alpha value is -1.93. The Bertz CT molecular complexity index is 983. The van der Waals surface area contributed by atoms with Crippen molar-refractivity contribution in [3.63, 3.8) is 0 Å². The van der Waals surface area contributed by atoms with Crippen molar-refractivity contribution < 1.29 is 13.2 Å². The first kappa shape index (κ1) is 20.8. The minimum absolute atomic E-state index is 0.0974. The summed E-state index contributed by atoms with van der Waals surface area (Å²) in [6, 6.07) is 10.9. The molecule has 0 unspecified atom stereocenters. The first-order chi connectivity index (χ1) is 13.4. The van der Waals surface area contributed by atoms with Crippen LogP contribution in [-0.4, -0.2) is 37.9 Å². The maximum atomic E-state index is 12.8. The Morgan fingerprint density at radius 2 is 1.68 bits per heavy atom. The van der Waals surface area contributed by atoms with E-state index >= 15 is 0 Å². The predicted octanol–water partition coefficient (Wildman–Crippen LogP) is 3.93. The molecule has 1 saturated heterocycles. The quantitative estimate of drug-likeness (QED) is 0.565. The molecule has 28 heavy (non-hydrogen) atoms. The highest BCUT2D eigenvalue weighted by Gasteiger charge is 2.26. The van der Waals surface area contributed by atoms with Gasteiger partial charge < -0.3 is 0 Å². The molecule has 9 heteroatoms. The van der Waals surface area contributed by atoms with Gasteiger partial charge in [0.15, 0.2) is 0 Å². The lowest BCUT2D eigenvalue weighted by Gasteiger charge is -2.25. The number of carbonyl (C=O) groups excluding carboxylic acids is 1. The number of amides is 1. The number of rotatable bonds is 5. The van der Waals surface area contributed by atoms with E-state index in [4.69, 9.17) is 23.2 Å². The fraction of sp³-hybridized carbons (Fsp3) is 0.263. The molecule has 1 aliphatic heterocycles. The minimum atomic E-state index is -3.61. The third kappa shape index (κ3) is 4.72. The molecule has 3 rings (SSSR count). The summed E-state index contributed by atoms with van der Waals surface area (Å²) in [6.07, 6.45) is 4.07. The van der Waals surface area contributed by atoms with Crippen molar-refractivity contribution in [1.82, 2.24) is 9.73 Å². The van der Waals surface area contributed by atoms with Crippen LogP contribution >= 0.6 is 23.2 Å². The van der Waals surface area contributed by atoms with E-state index < -0.39 is 15.9 Å². The fourth-order valence-corrected chi connectivity index (χ4v) is 4.96. The Labute approximate surface area is 174 Å². The molecule has 1 fully saturated rings. The van der Waals surface area contributed by atoms with E-state index in [1.807, 2.05) is 0 Å². The smallest absolute Gasteiger partial charge is 0.267 e. The van der Waals surface area contributed by atoms with E-state index in [2.05, 4.69) is 10.5 Å². The molecule has 0 bridgehead atoms. The number of halogens is 2. The Morgan fingerprint density at radius 3 is 2.36 bits per heavy atom. The molecular weight excluding hydrogens is 421 g/mol. The predicted molar refractivity (Wildman–Crippen MR) is 111 cm³/mol. The molecule has 0 spiro atoms. The van der Waals surface area contributed by atoms with E-state index in [1.165, 1.54) is 28.7 Å². The monoisotopic (exact) mass is 439 g/mol. The van der Waals surface area contributed by atoms with Crippen molar-refractivity contribution in [2.75, 3.05) is 13.1 Å². The van der Waals surface area contributed by atoms with E-state index in [-0.39, 0.29) is 10.5 Å². The van der Waals surface area contributed by atoms with Gasteiger partial charge in [-0.05, 0) is 43.2 Å². The molecule has 1 amide bonds. The van der Waals surface area contributed by atoms with Crippen molar-refractivity contribution in [1.29, 1.82) is 0 Å². The number of sulfonamides is 1. The Kier molecular flexibility index (Phi) is 6.72. The summed E-state index contributed by atoms with van der Waals surface area (Å²) >= 11 is 12.1. The van der Waals surface area contributed by atoms with Crippen LogP contribution < -0.4 is 5.43 Å². The first-order valence-corrected chi connectivity index (χ1v) is 11.0. The molecule has 2 aromatic carbocycles. The number of nitrogens with one attached hydrogen (secondary N) is 1. The number of nitrogens with zero attached hydrogens (tertiary/aromatic N) is 2. The second-order valence-electron chi connectivity index (χ2n) is 6.33. The molecule has 1 N–H and O–H groups in total. The zero-order chi connectivity index (χ0) is 20.1. The standard InChI is InChI=1S/C19H19Cl2N3O3S/c20-17-8-5-9-18(21)16(17)13-22-23-19(25)14-6-4-7-15(12-14)28(26,27)24-10-2-1-3-11-24/h4-9,12-13H,1-3,10-11H2,(H,23,25). The maximum absolute atomic E-state index is 12.8. The maximum Gasteiger partial charge on any atom is 0.271 e. The molecule has 0 aliphatic carbocycles. The lowest BCUT2D eigenvalue weighted by atomic mass is 10.2. The van der Waals surface area contributed by atoms with Gasteiger partial charge in [0.1, 0.15) is 0 Å². The molecular formula is C19H19Cl2N3O3S. The number of hydrogen-bond donors (Lipinski definition) is 1. The van der Waals surface area contributed by atoms with Crippen LogP contribution in [0.3, 0.4) is 0 Å². The normalized spacial score (nSPS) is 15.6. The van der Waals surface area contributed by atoms with E-state index in [9.17, 15) is 13.2 Å². The average molecular weight is 440 g/mol. The van der Waals surface area contributed by atoms with Gasteiger partial charge >= 0.3 is 0 Å². The van der Waals surface area contributed by atoms with Gasteiger partial charge in [0.05, 0.1) is 21.2 Å². The van der Waals surface area contributed by atoms with Crippen molar-refractivity contribution in [3.05, 3.63) is 63.6 Å². The van der Waals surface area contributed by atoms with Crippen LogP contribution in [0.15, 0.2) is 52.5 Å². The van der Waals surface area contributed by atoms with Crippen molar-refractivity contribution >= 4 is 45.3 Å². The average Bonchev–Trinajstić information content (AvgIpc) is 2.71. The van der Waals surface area contributed by atoms with Gasteiger partial charge in [0.25, 0.3) is 5.91 Å². The lowest BCUT2D eigenvalue weighted by Crippen LogP contribution is -2.35. The summed E-state index contributed by atoms with van der Waals surface area (Å²) in [6.45, 7) is 1.00. The number of hydrogen-bond acceptors (Lipinski definition) is 4. The summed E-state index contributed by atoms with van der Waals surface area (Å²) < 4.78 is 27.0. The zero-order valence-electron chi connectivity index (χ0n) is 14.9. The van der Waals surface area contributed by atoms with Gasteiger partial charge in [-0.25, -0.2) is 13.8 Å². The van der Waals surface area contributed by atoms with Gasteiger partial charge in [0.2, 0.25) is 10.0 Å². The molecule has 0 radical (unpaired) electrons. The third-order valence-corrected chi connectivity index (χ3v) is 6.96. The zero-order valence-corrected chi connectivity index (χ0v) is 17.3. The second-order valence-corrected chi connectivity index (χ2v) is 9.08. The lowest BCUT2D eigenvalue weighted by molar-refractivity contribution is 0.0955. The SMILES string of the molecule is O=C(NN=Cc1c(Cl)cccc1Cl)c1cccc(S(=O)(=O)N2CCCCC2)c1. The van der Waals surface area contributed by atoms with E-state index in [0.717, 1.165) is 19.3 Å². The highest BCUT2D eigenvalue weighted by Crippen LogP contribution is 2.23. The van der Waals surface area contributed by atoms with Gasteiger partial charge in [-0.1, -0.05) is 41.8 Å². The van der Waals surface area contributed by atoms with Gasteiger partial charge in [-0.15, -0.1) is 0 Å². The summed E-state index contributed by atoms with van der Waals surface area (Å²) in [5.74, 6) is -0.532. The largest absolute Gasteiger partial charge is 0.271 e. The van der Waals surface area contributed by atoms with Crippen LogP contribution in [0.1, 0.15) is 35.2 Å². The minimum Gasteiger partial charge on any atom is -0.267 e. The molecule has 0 saturated carbocycles. The number of hydrazone groups is 1. The molecule has 0 aromatic heterocycles. The van der Waals surface area contributed by atoms with Gasteiger partial charge in [-0.3, -0.25) is 4.79 Å². The van der Waals surface area contributed by atoms with E-state index in [0.29, 0.717) is 28.7 Å². The topological polar surface area (TPSA) is 78.8 Å². The first-order valence-electron chi connectivity index (χ1n) is 8.77. The Morgan fingerprint density at radius 1 is 1.04 bits per heavy atom. The molecule has 1 heterocycles. The van der Waals surface area contributed by atoms with Crippen LogP contribution in [0.2, 0.25) is 10.0 Å². The summed E-state index contributed by atoms with van der Waals surface area (Å²) in [5.41, 5.74) is 3.04. The third-order valence-electron chi connectivity index (χ3n) is 4.41. The van der Waals surface area contributed by atoms with Crippen LogP contribution in [0.4, 0.5) is 0 Å². The summed E-state index contributed by atoms with van der Waals surface area (Å²) in [7, 11) is -3.61. The van der Waals surface area contributed by atoms with E-state index in [1.54, 1.807) is 24.3 Å². The molecule has 1 aliphatic rings. The van der Waals surface area contributed by atoms with Gasteiger partial charge in [-0.2, -0.15) is 9.41 Å². The number of carbonyl (C=O) groups is 1. The van der Waals surface area contributed by atoms with Crippen LogP contribution in [0, 0.1) is 0 Å². The fourth-order valence-electron chi connectivity index (χ4n) is 2.91. The molecule has 148 valence electrons. The number of piperidine rings is 1. The van der Waals surface area contributed by atoms with Crippen LogP contribution in [0.25, 0.3) is 0 Å². The molecule has 2 aromatic rings. The molecule has 6 nitrogen and oxygen atoms in total. The van der Waals surface area contributed by atoms with Crippen molar-refractivity contribution in [3.8, 4) is 0 Å². The molecule has 0 atom stereocenters. The summed E-state index contributed by atoms with van der Waals surface area (Å²) in [4.78, 5) is 12.5. The second kappa shape index (κ2) is 9.05. The Balaban J connectivity index is 1.74. The van der Waals surface area contributed by atoms with Crippen molar-refractivity contribution in [2.45, 2.75) is 24.2 Å². The summed E-state index contributed by atoms with van der Waals surface area (Å²) in [5, 5.41) is 4.67. The highest BCUT2D eigenvalue weighted by molar-refractivity contribution is 7.89. The highest BCUT2D eigenvalue weighted by atomic mass is 35.5.